The zero-order valence-corrected chi connectivity index (χ0v) is 10.2. The zero-order chi connectivity index (χ0) is 13.0. The number of ketones is 1. The summed E-state index contributed by atoms with van der Waals surface area (Å²) < 4.78 is 26.0. The number of benzene rings is 1. The van der Waals surface area contributed by atoms with Crippen molar-refractivity contribution < 1.29 is 13.6 Å². The first-order valence-corrected chi connectivity index (χ1v) is 6.36. The fraction of sp³-hybridized carbons (Fsp3) is 0.500. The smallest absolute Gasteiger partial charge is 0.154 e. The number of hydrogen-bond acceptors (Lipinski definition) is 2. The highest BCUT2D eigenvalue weighted by Crippen LogP contribution is 2.13. The van der Waals surface area contributed by atoms with E-state index >= 15 is 0 Å². The van der Waals surface area contributed by atoms with Crippen LogP contribution in [-0.2, 0) is 11.2 Å². The lowest BCUT2D eigenvalue weighted by molar-refractivity contribution is -0.120. The number of nitrogens with one attached hydrogen (secondary N) is 1. The second-order valence-electron chi connectivity index (χ2n) is 4.78. The summed E-state index contributed by atoms with van der Waals surface area (Å²) in [5.74, 6) is -1.25. The molecule has 2 rings (SSSR count). The van der Waals surface area contributed by atoms with Crippen LogP contribution in [0.15, 0.2) is 18.2 Å². The van der Waals surface area contributed by atoms with Gasteiger partial charge in [-0.1, -0.05) is 12.8 Å². The van der Waals surface area contributed by atoms with E-state index in [1.54, 1.807) is 0 Å². The summed E-state index contributed by atoms with van der Waals surface area (Å²) in [6, 6.07) is 3.09. The minimum atomic E-state index is -0.633. The SMILES string of the molecule is O=C(Cc1cc(F)cc(F)c1)C1CCCCCN1. The van der Waals surface area contributed by atoms with Crippen LogP contribution >= 0.6 is 0 Å². The number of carbonyl (C=O) groups excluding carboxylic acids is 1. The maximum absolute atomic E-state index is 13.0. The fourth-order valence-electron chi connectivity index (χ4n) is 2.34. The summed E-state index contributed by atoms with van der Waals surface area (Å²) in [7, 11) is 0. The standard InChI is InChI=1S/C14H17F2NO/c15-11-6-10(7-12(16)9-11)8-14(18)13-4-2-1-3-5-17-13/h6-7,9,13,17H,1-5,8H2. The van der Waals surface area contributed by atoms with Gasteiger partial charge in [0, 0.05) is 12.5 Å². The van der Waals surface area contributed by atoms with Crippen molar-refractivity contribution in [1.29, 1.82) is 0 Å². The number of carbonyl (C=O) groups is 1. The van der Waals surface area contributed by atoms with Gasteiger partial charge in [-0.2, -0.15) is 0 Å². The predicted octanol–water partition coefficient (Wildman–Crippen LogP) is 2.61. The van der Waals surface area contributed by atoms with Gasteiger partial charge in [-0.05, 0) is 37.1 Å². The molecule has 0 aromatic heterocycles. The van der Waals surface area contributed by atoms with Crippen LogP contribution in [-0.4, -0.2) is 18.4 Å². The minimum absolute atomic E-state index is 0.0156. The van der Waals surface area contributed by atoms with E-state index in [1.165, 1.54) is 12.1 Å². The number of rotatable bonds is 3. The first-order chi connectivity index (χ1) is 8.65. The molecule has 1 heterocycles. The van der Waals surface area contributed by atoms with Crippen LogP contribution in [0.5, 0.6) is 0 Å². The number of hydrogen-bond donors (Lipinski definition) is 1. The molecule has 18 heavy (non-hydrogen) atoms. The van der Waals surface area contributed by atoms with Crippen molar-refractivity contribution in [1.82, 2.24) is 5.32 Å². The third kappa shape index (κ3) is 3.60. The normalized spacial score (nSPS) is 20.4. The summed E-state index contributed by atoms with van der Waals surface area (Å²) in [5, 5.41) is 3.19. The molecule has 1 fully saturated rings. The maximum Gasteiger partial charge on any atom is 0.154 e. The Hall–Kier alpha value is -1.29. The van der Waals surface area contributed by atoms with Gasteiger partial charge in [0.2, 0.25) is 0 Å². The van der Waals surface area contributed by atoms with Gasteiger partial charge in [0.1, 0.15) is 11.6 Å². The Morgan fingerprint density at radius 1 is 1.17 bits per heavy atom. The Labute approximate surface area is 105 Å². The van der Waals surface area contributed by atoms with Gasteiger partial charge in [0.25, 0.3) is 0 Å². The summed E-state index contributed by atoms with van der Waals surface area (Å²) in [4.78, 5) is 12.0. The molecule has 1 atom stereocenters. The molecule has 0 spiro atoms. The molecule has 1 unspecified atom stereocenters. The Morgan fingerprint density at radius 2 is 1.89 bits per heavy atom. The molecule has 1 N–H and O–H groups in total. The molecule has 1 aromatic rings. The summed E-state index contributed by atoms with van der Waals surface area (Å²) in [6.07, 6.45) is 4.15. The van der Waals surface area contributed by atoms with Crippen molar-refractivity contribution in [2.75, 3.05) is 6.54 Å². The first-order valence-electron chi connectivity index (χ1n) is 6.36. The van der Waals surface area contributed by atoms with Crippen molar-refractivity contribution in [3.63, 3.8) is 0 Å². The average Bonchev–Trinajstić information content (AvgIpc) is 2.55. The molecule has 0 saturated carbocycles. The van der Waals surface area contributed by atoms with Crippen LogP contribution in [0.2, 0.25) is 0 Å². The van der Waals surface area contributed by atoms with E-state index in [2.05, 4.69) is 5.32 Å². The Morgan fingerprint density at radius 3 is 2.61 bits per heavy atom. The van der Waals surface area contributed by atoms with Crippen LogP contribution in [0.3, 0.4) is 0 Å². The van der Waals surface area contributed by atoms with E-state index in [1.807, 2.05) is 0 Å². The highest BCUT2D eigenvalue weighted by atomic mass is 19.1. The van der Waals surface area contributed by atoms with E-state index in [0.717, 1.165) is 38.3 Å². The van der Waals surface area contributed by atoms with Crippen LogP contribution in [0.1, 0.15) is 31.2 Å². The Kier molecular flexibility index (Phi) is 4.42. The molecule has 1 aliphatic heterocycles. The molecule has 0 aliphatic carbocycles. The first kappa shape index (κ1) is 13.1. The lowest BCUT2D eigenvalue weighted by atomic mass is 10.00. The summed E-state index contributed by atoms with van der Waals surface area (Å²) in [5.41, 5.74) is 0.406. The van der Waals surface area contributed by atoms with E-state index in [9.17, 15) is 13.6 Å². The molecule has 0 amide bonds. The van der Waals surface area contributed by atoms with Gasteiger partial charge in [-0.3, -0.25) is 4.79 Å². The molecule has 1 aromatic carbocycles. The topological polar surface area (TPSA) is 29.1 Å². The number of Topliss-reactive ketones (excluding diaryl/α,β-unsaturated/α-hetero) is 1. The van der Waals surface area contributed by atoms with E-state index in [0.29, 0.717) is 5.56 Å². The van der Waals surface area contributed by atoms with Crippen LogP contribution in [0.4, 0.5) is 8.78 Å². The van der Waals surface area contributed by atoms with Crippen LogP contribution in [0, 0.1) is 11.6 Å². The van der Waals surface area contributed by atoms with Crippen molar-refractivity contribution in [3.8, 4) is 0 Å². The number of halogens is 2. The summed E-state index contributed by atoms with van der Waals surface area (Å²) >= 11 is 0. The fourth-order valence-corrected chi connectivity index (χ4v) is 2.34. The largest absolute Gasteiger partial charge is 0.307 e. The van der Waals surface area contributed by atoms with Gasteiger partial charge < -0.3 is 5.32 Å². The van der Waals surface area contributed by atoms with Gasteiger partial charge in [0.15, 0.2) is 5.78 Å². The Balaban J connectivity index is 2.01. The molecule has 1 aliphatic rings. The minimum Gasteiger partial charge on any atom is -0.307 e. The van der Waals surface area contributed by atoms with Crippen LogP contribution < -0.4 is 5.32 Å². The quantitative estimate of drug-likeness (QED) is 0.897. The molecule has 0 bridgehead atoms. The summed E-state index contributed by atoms with van der Waals surface area (Å²) in [6.45, 7) is 0.841. The molecule has 4 heteroatoms. The van der Waals surface area contributed by atoms with Crippen molar-refractivity contribution in [2.24, 2.45) is 0 Å². The van der Waals surface area contributed by atoms with Crippen molar-refractivity contribution in [2.45, 2.75) is 38.1 Å². The average molecular weight is 253 g/mol. The van der Waals surface area contributed by atoms with Crippen molar-refractivity contribution >= 4 is 5.78 Å². The van der Waals surface area contributed by atoms with Crippen LogP contribution in [0.25, 0.3) is 0 Å². The van der Waals surface area contributed by atoms with E-state index in [-0.39, 0.29) is 18.2 Å². The zero-order valence-electron chi connectivity index (χ0n) is 10.2. The molecule has 0 radical (unpaired) electrons. The van der Waals surface area contributed by atoms with Gasteiger partial charge >= 0.3 is 0 Å². The lowest BCUT2D eigenvalue weighted by Gasteiger charge is -2.14. The highest BCUT2D eigenvalue weighted by Gasteiger charge is 2.19. The second kappa shape index (κ2) is 6.05. The van der Waals surface area contributed by atoms with Gasteiger partial charge in [-0.15, -0.1) is 0 Å². The second-order valence-corrected chi connectivity index (χ2v) is 4.78. The molecule has 1 saturated heterocycles. The third-order valence-electron chi connectivity index (χ3n) is 3.25. The van der Waals surface area contributed by atoms with Gasteiger partial charge in [0.05, 0.1) is 6.04 Å². The molecular weight excluding hydrogens is 236 g/mol. The monoisotopic (exact) mass is 253 g/mol. The molecule has 98 valence electrons. The lowest BCUT2D eigenvalue weighted by Crippen LogP contribution is -2.37. The molecular formula is C14H17F2NO. The van der Waals surface area contributed by atoms with E-state index < -0.39 is 11.6 Å². The highest BCUT2D eigenvalue weighted by molar-refractivity contribution is 5.86. The van der Waals surface area contributed by atoms with E-state index in [4.69, 9.17) is 0 Å². The predicted molar refractivity (Wildman–Crippen MR) is 65.3 cm³/mol. The third-order valence-corrected chi connectivity index (χ3v) is 3.25. The Bertz CT molecular complexity index is 406. The van der Waals surface area contributed by atoms with Gasteiger partial charge in [-0.25, -0.2) is 8.78 Å². The van der Waals surface area contributed by atoms with Crippen molar-refractivity contribution in [3.05, 3.63) is 35.4 Å². The maximum atomic E-state index is 13.0. The molecule has 2 nitrogen and oxygen atoms in total.